The summed E-state index contributed by atoms with van der Waals surface area (Å²) in [7, 11) is 0. The van der Waals surface area contributed by atoms with Gasteiger partial charge >= 0.3 is 0 Å². The number of carbonyl (C=O) groups is 1. The van der Waals surface area contributed by atoms with Crippen LogP contribution in [0.4, 0.5) is 0 Å². The van der Waals surface area contributed by atoms with E-state index in [4.69, 9.17) is 0 Å². The van der Waals surface area contributed by atoms with E-state index in [0.29, 0.717) is 11.7 Å². The molecule has 0 aromatic rings. The van der Waals surface area contributed by atoms with Crippen LogP contribution in [0.2, 0.25) is 0 Å². The van der Waals surface area contributed by atoms with Gasteiger partial charge in [-0.1, -0.05) is 20.3 Å². The van der Waals surface area contributed by atoms with Gasteiger partial charge in [-0.3, -0.25) is 4.79 Å². The molecule has 2 heteroatoms. The van der Waals surface area contributed by atoms with Crippen LogP contribution in [0, 0.1) is 35.0 Å². The Labute approximate surface area is 147 Å². The Balaban J connectivity index is 1.52. The van der Waals surface area contributed by atoms with E-state index in [1.165, 1.54) is 32.1 Å². The summed E-state index contributed by atoms with van der Waals surface area (Å²) in [6.07, 6.45) is 13.7. The molecule has 0 heterocycles. The minimum Gasteiger partial charge on any atom is -0.390 e. The first-order chi connectivity index (χ1) is 11.5. The largest absolute Gasteiger partial charge is 0.390 e. The number of aliphatic hydroxyl groups is 1. The predicted molar refractivity (Wildman–Crippen MR) is 96.6 cm³/mol. The molecule has 0 radical (unpaired) electrons. The number of ketones is 1. The normalized spacial score (nSPS) is 51.5. The van der Waals surface area contributed by atoms with Gasteiger partial charge in [0.25, 0.3) is 0 Å². The Morgan fingerprint density at radius 2 is 1.83 bits per heavy atom. The molecule has 24 heavy (non-hydrogen) atoms. The number of carbonyl (C=O) groups excluding carboxylic acids is 1. The summed E-state index contributed by atoms with van der Waals surface area (Å²) >= 11 is 0. The van der Waals surface area contributed by atoms with Crippen LogP contribution in [0.1, 0.15) is 90.9 Å². The summed E-state index contributed by atoms with van der Waals surface area (Å²) in [5.74, 6) is 4.46. The minimum absolute atomic E-state index is 0.00384. The fourth-order valence-corrected chi connectivity index (χ4v) is 7.62. The van der Waals surface area contributed by atoms with Gasteiger partial charge < -0.3 is 5.11 Å². The Hall–Kier alpha value is -0.370. The van der Waals surface area contributed by atoms with Gasteiger partial charge in [0.2, 0.25) is 0 Å². The molecule has 7 atom stereocenters. The lowest BCUT2D eigenvalue weighted by Gasteiger charge is -2.58. The van der Waals surface area contributed by atoms with Crippen molar-refractivity contribution in [2.75, 3.05) is 0 Å². The first kappa shape index (κ1) is 17.1. The van der Waals surface area contributed by atoms with Gasteiger partial charge in [-0.25, -0.2) is 0 Å². The van der Waals surface area contributed by atoms with Crippen molar-refractivity contribution in [3.63, 3.8) is 0 Å². The molecule has 1 N–H and O–H groups in total. The number of fused-ring (bicyclic) bond motifs is 5. The lowest BCUT2D eigenvalue weighted by molar-refractivity contribution is -0.150. The van der Waals surface area contributed by atoms with Gasteiger partial charge in [-0.05, 0) is 93.8 Å². The molecule has 0 saturated heterocycles. The van der Waals surface area contributed by atoms with Gasteiger partial charge in [0, 0.05) is 11.8 Å². The highest BCUT2D eigenvalue weighted by molar-refractivity contribution is 5.85. The topological polar surface area (TPSA) is 37.3 Å². The first-order valence-electron chi connectivity index (χ1n) is 10.7. The SMILES string of the molecule is CCC[C@@]1(O)CC[C@H]2[C@H](CC[C@@H]3[C@@H]2CC[C@]2(C)C(=O)CCC[C@@H]32)C1. The lowest BCUT2D eigenvalue weighted by Crippen LogP contribution is -2.54. The van der Waals surface area contributed by atoms with Crippen molar-refractivity contribution < 1.29 is 9.90 Å². The van der Waals surface area contributed by atoms with Crippen molar-refractivity contribution in [3.8, 4) is 0 Å². The third-order valence-electron chi connectivity index (χ3n) is 8.76. The highest BCUT2D eigenvalue weighted by atomic mass is 16.3. The van der Waals surface area contributed by atoms with Crippen molar-refractivity contribution in [3.05, 3.63) is 0 Å². The van der Waals surface area contributed by atoms with Gasteiger partial charge in [-0.15, -0.1) is 0 Å². The van der Waals surface area contributed by atoms with E-state index < -0.39 is 0 Å². The number of hydrogen-bond donors (Lipinski definition) is 1. The second-order valence-electron chi connectivity index (χ2n) is 9.92. The summed E-state index contributed by atoms with van der Waals surface area (Å²) < 4.78 is 0. The van der Waals surface area contributed by atoms with E-state index >= 15 is 0 Å². The van der Waals surface area contributed by atoms with Crippen molar-refractivity contribution in [2.45, 2.75) is 96.5 Å². The van der Waals surface area contributed by atoms with Crippen molar-refractivity contribution >= 4 is 5.78 Å². The van der Waals surface area contributed by atoms with Crippen molar-refractivity contribution in [1.29, 1.82) is 0 Å². The molecule has 4 fully saturated rings. The van der Waals surface area contributed by atoms with Crippen LogP contribution in [0.3, 0.4) is 0 Å². The maximum absolute atomic E-state index is 12.6. The monoisotopic (exact) mass is 332 g/mol. The third-order valence-corrected chi connectivity index (χ3v) is 8.76. The summed E-state index contributed by atoms with van der Waals surface area (Å²) in [5, 5.41) is 10.9. The Morgan fingerprint density at radius 3 is 2.62 bits per heavy atom. The van der Waals surface area contributed by atoms with Crippen molar-refractivity contribution in [2.24, 2.45) is 35.0 Å². The van der Waals surface area contributed by atoms with E-state index in [1.807, 2.05) is 0 Å². The lowest BCUT2D eigenvalue weighted by atomic mass is 9.46. The Kier molecular flexibility index (Phi) is 4.34. The number of Topliss-reactive ketones (excluding diaryl/α,β-unsaturated/α-hetero) is 1. The molecule has 4 aliphatic carbocycles. The molecule has 4 rings (SSSR count). The molecule has 0 aliphatic heterocycles. The van der Waals surface area contributed by atoms with Crippen LogP contribution < -0.4 is 0 Å². The average molecular weight is 333 g/mol. The highest BCUT2D eigenvalue weighted by Gasteiger charge is 2.56. The second-order valence-corrected chi connectivity index (χ2v) is 9.92. The van der Waals surface area contributed by atoms with Crippen LogP contribution >= 0.6 is 0 Å². The maximum Gasteiger partial charge on any atom is 0.139 e. The number of rotatable bonds is 2. The molecule has 4 aliphatic rings. The second kappa shape index (κ2) is 6.11. The van der Waals surface area contributed by atoms with Gasteiger partial charge in [-0.2, -0.15) is 0 Å². The quantitative estimate of drug-likeness (QED) is 0.761. The Bertz CT molecular complexity index is 500. The fraction of sp³-hybridized carbons (Fsp3) is 0.955. The number of hydrogen-bond acceptors (Lipinski definition) is 2. The molecular weight excluding hydrogens is 296 g/mol. The van der Waals surface area contributed by atoms with Crippen LogP contribution in [-0.2, 0) is 4.79 Å². The molecule has 4 saturated carbocycles. The fourth-order valence-electron chi connectivity index (χ4n) is 7.62. The predicted octanol–water partition coefficient (Wildman–Crippen LogP) is 5.13. The van der Waals surface area contributed by atoms with E-state index in [-0.39, 0.29) is 11.0 Å². The molecule has 2 nitrogen and oxygen atoms in total. The van der Waals surface area contributed by atoms with Crippen LogP contribution in [-0.4, -0.2) is 16.5 Å². The summed E-state index contributed by atoms with van der Waals surface area (Å²) in [6.45, 7) is 4.49. The van der Waals surface area contributed by atoms with Crippen LogP contribution in [0.15, 0.2) is 0 Å². The molecule has 0 aromatic carbocycles. The zero-order valence-corrected chi connectivity index (χ0v) is 15.7. The van der Waals surface area contributed by atoms with Crippen LogP contribution in [0.5, 0.6) is 0 Å². The molecule has 0 bridgehead atoms. The summed E-state index contributed by atoms with van der Waals surface area (Å²) in [5.41, 5.74) is -0.364. The zero-order chi connectivity index (χ0) is 16.9. The smallest absolute Gasteiger partial charge is 0.139 e. The molecule has 0 amide bonds. The van der Waals surface area contributed by atoms with E-state index in [2.05, 4.69) is 13.8 Å². The summed E-state index contributed by atoms with van der Waals surface area (Å²) in [4.78, 5) is 12.6. The third kappa shape index (κ3) is 2.59. The average Bonchev–Trinajstić information content (AvgIpc) is 2.55. The van der Waals surface area contributed by atoms with Crippen LogP contribution in [0.25, 0.3) is 0 Å². The molecule has 0 spiro atoms. The highest BCUT2D eigenvalue weighted by Crippen LogP contribution is 2.61. The van der Waals surface area contributed by atoms with Gasteiger partial charge in [0.05, 0.1) is 5.60 Å². The molecule has 0 aromatic heterocycles. The van der Waals surface area contributed by atoms with E-state index in [0.717, 1.165) is 68.6 Å². The van der Waals surface area contributed by atoms with Gasteiger partial charge in [0.1, 0.15) is 5.78 Å². The van der Waals surface area contributed by atoms with E-state index in [9.17, 15) is 9.90 Å². The molecule has 0 unspecified atom stereocenters. The summed E-state index contributed by atoms with van der Waals surface area (Å²) in [6, 6.07) is 0. The van der Waals surface area contributed by atoms with E-state index in [1.54, 1.807) is 0 Å². The molecular formula is C22H36O2. The first-order valence-corrected chi connectivity index (χ1v) is 10.7. The standard InChI is InChI=1S/C22H36O2/c1-3-11-22(24)13-10-16-15(14-22)7-8-18-17(16)9-12-21(2)19(18)5-4-6-20(21)23/h15-19,24H,3-14H2,1-2H3/t15-,16+,17-,18-,19+,21+,22-/m1/s1. The maximum atomic E-state index is 12.6. The van der Waals surface area contributed by atoms with Crippen molar-refractivity contribution in [1.82, 2.24) is 0 Å². The zero-order valence-electron chi connectivity index (χ0n) is 15.7. The van der Waals surface area contributed by atoms with Gasteiger partial charge in [0.15, 0.2) is 0 Å². The molecule has 136 valence electrons. The Morgan fingerprint density at radius 1 is 1.04 bits per heavy atom. The minimum atomic E-state index is -0.368.